The lowest BCUT2D eigenvalue weighted by molar-refractivity contribution is 0.0666. The number of piperidine rings is 1. The molecule has 1 aliphatic heterocycles. The van der Waals surface area contributed by atoms with E-state index in [2.05, 4.69) is 10.1 Å². The van der Waals surface area contributed by atoms with Crippen LogP contribution in [0.3, 0.4) is 0 Å². The number of aromatic nitrogens is 3. The lowest BCUT2D eigenvalue weighted by Gasteiger charge is -2.33. The molecule has 2 aromatic rings. The molecule has 0 bridgehead atoms. The Kier molecular flexibility index (Phi) is 4.35. The first-order chi connectivity index (χ1) is 11.0. The van der Waals surface area contributed by atoms with Crippen molar-refractivity contribution in [1.29, 1.82) is 0 Å². The number of amides is 1. The van der Waals surface area contributed by atoms with Crippen LogP contribution in [0.15, 0.2) is 18.2 Å². The molecule has 0 radical (unpaired) electrons. The van der Waals surface area contributed by atoms with Crippen LogP contribution in [0, 0.1) is 19.7 Å². The summed E-state index contributed by atoms with van der Waals surface area (Å²) >= 11 is 6.01. The Hall–Kier alpha value is -1.95. The number of halogens is 2. The van der Waals surface area contributed by atoms with Gasteiger partial charge in [-0.3, -0.25) is 4.79 Å². The number of carbonyl (C=O) groups excluding carboxylic acids is 1. The molecule has 0 aliphatic carbocycles. The van der Waals surface area contributed by atoms with Gasteiger partial charge in [-0.25, -0.2) is 14.1 Å². The molecule has 1 atom stereocenters. The zero-order valence-electron chi connectivity index (χ0n) is 13.1. The standard InChI is InChI=1S/C16H18ClFN4O/c1-10-19-11(2)22(20-10)12-5-4-8-21(9-12)16(23)15-13(17)6-3-7-14(15)18/h3,6-7,12H,4-5,8-9H2,1-2H3/t12-/m1/s1. The molecule has 5 nitrogen and oxygen atoms in total. The lowest BCUT2D eigenvalue weighted by Crippen LogP contribution is -2.41. The minimum Gasteiger partial charge on any atom is -0.336 e. The molecule has 2 heterocycles. The van der Waals surface area contributed by atoms with Crippen LogP contribution < -0.4 is 0 Å². The average Bonchev–Trinajstić information content (AvgIpc) is 2.86. The van der Waals surface area contributed by atoms with Gasteiger partial charge in [0.05, 0.1) is 16.6 Å². The van der Waals surface area contributed by atoms with E-state index >= 15 is 0 Å². The van der Waals surface area contributed by atoms with E-state index in [9.17, 15) is 9.18 Å². The molecule has 1 fully saturated rings. The highest BCUT2D eigenvalue weighted by molar-refractivity contribution is 6.33. The molecular weight excluding hydrogens is 319 g/mol. The van der Waals surface area contributed by atoms with Gasteiger partial charge in [-0.1, -0.05) is 17.7 Å². The molecule has 7 heteroatoms. The monoisotopic (exact) mass is 336 g/mol. The molecule has 3 rings (SSSR count). The van der Waals surface area contributed by atoms with Crippen molar-refractivity contribution in [2.24, 2.45) is 0 Å². The van der Waals surface area contributed by atoms with Gasteiger partial charge in [0.1, 0.15) is 17.5 Å². The Morgan fingerprint density at radius 3 is 2.83 bits per heavy atom. The number of nitrogens with zero attached hydrogens (tertiary/aromatic N) is 4. The highest BCUT2D eigenvalue weighted by atomic mass is 35.5. The summed E-state index contributed by atoms with van der Waals surface area (Å²) in [4.78, 5) is 18.6. The van der Waals surface area contributed by atoms with Gasteiger partial charge in [0.15, 0.2) is 0 Å². The average molecular weight is 337 g/mol. The van der Waals surface area contributed by atoms with E-state index in [1.165, 1.54) is 18.2 Å². The fraction of sp³-hybridized carbons (Fsp3) is 0.438. The van der Waals surface area contributed by atoms with Crippen LogP contribution in [0.2, 0.25) is 5.02 Å². The van der Waals surface area contributed by atoms with Crippen LogP contribution in [-0.4, -0.2) is 38.7 Å². The van der Waals surface area contributed by atoms with Crippen molar-refractivity contribution in [3.05, 3.63) is 46.3 Å². The first kappa shape index (κ1) is 15.9. The zero-order chi connectivity index (χ0) is 16.6. The summed E-state index contributed by atoms with van der Waals surface area (Å²) in [5.74, 6) is 0.582. The van der Waals surface area contributed by atoms with Crippen LogP contribution in [0.25, 0.3) is 0 Å². The van der Waals surface area contributed by atoms with E-state index in [1.807, 2.05) is 18.5 Å². The molecule has 0 spiro atoms. The topological polar surface area (TPSA) is 51.0 Å². The predicted octanol–water partition coefficient (Wildman–Crippen LogP) is 3.16. The van der Waals surface area contributed by atoms with Crippen LogP contribution >= 0.6 is 11.6 Å². The largest absolute Gasteiger partial charge is 0.336 e. The fourth-order valence-electron chi connectivity index (χ4n) is 3.08. The van der Waals surface area contributed by atoms with Crippen molar-refractivity contribution < 1.29 is 9.18 Å². The second-order valence-corrected chi connectivity index (χ2v) is 6.20. The van der Waals surface area contributed by atoms with Crippen molar-refractivity contribution in [3.8, 4) is 0 Å². The third-order valence-corrected chi connectivity index (χ3v) is 4.43. The van der Waals surface area contributed by atoms with Gasteiger partial charge < -0.3 is 4.90 Å². The zero-order valence-corrected chi connectivity index (χ0v) is 13.8. The van der Waals surface area contributed by atoms with Crippen LogP contribution in [-0.2, 0) is 0 Å². The highest BCUT2D eigenvalue weighted by Crippen LogP contribution is 2.26. The van der Waals surface area contributed by atoms with Crippen LogP contribution in [0.1, 0.15) is 40.9 Å². The van der Waals surface area contributed by atoms with E-state index in [1.54, 1.807) is 4.90 Å². The number of carbonyl (C=O) groups is 1. The number of hydrogen-bond donors (Lipinski definition) is 0. The van der Waals surface area contributed by atoms with Gasteiger partial charge >= 0.3 is 0 Å². The third-order valence-electron chi connectivity index (χ3n) is 4.11. The van der Waals surface area contributed by atoms with Crippen molar-refractivity contribution in [3.63, 3.8) is 0 Å². The summed E-state index contributed by atoms with van der Waals surface area (Å²) in [5.41, 5.74) is -0.0543. The maximum Gasteiger partial charge on any atom is 0.258 e. The predicted molar refractivity (Wildman–Crippen MR) is 85.1 cm³/mol. The number of benzene rings is 1. The minimum absolute atomic E-state index is 0.0543. The van der Waals surface area contributed by atoms with Crippen LogP contribution in [0.4, 0.5) is 4.39 Å². The lowest BCUT2D eigenvalue weighted by atomic mass is 10.0. The molecule has 1 aromatic carbocycles. The smallest absolute Gasteiger partial charge is 0.258 e. The summed E-state index contributed by atoms with van der Waals surface area (Å²) in [5, 5.41) is 4.55. The van der Waals surface area contributed by atoms with Gasteiger partial charge in [-0.05, 0) is 38.8 Å². The Balaban J connectivity index is 1.84. The quantitative estimate of drug-likeness (QED) is 0.846. The first-order valence-electron chi connectivity index (χ1n) is 7.60. The number of likely N-dealkylation sites (tertiary alicyclic amines) is 1. The second-order valence-electron chi connectivity index (χ2n) is 5.79. The molecule has 1 aromatic heterocycles. The summed E-state index contributed by atoms with van der Waals surface area (Å²) in [6.07, 6.45) is 1.75. The summed E-state index contributed by atoms with van der Waals surface area (Å²) in [7, 11) is 0. The molecule has 1 amide bonds. The van der Waals surface area contributed by atoms with Crippen molar-refractivity contribution >= 4 is 17.5 Å². The van der Waals surface area contributed by atoms with Crippen molar-refractivity contribution in [1.82, 2.24) is 19.7 Å². The van der Waals surface area contributed by atoms with Gasteiger partial charge in [0.2, 0.25) is 0 Å². The first-order valence-corrected chi connectivity index (χ1v) is 7.98. The highest BCUT2D eigenvalue weighted by Gasteiger charge is 2.29. The van der Waals surface area contributed by atoms with E-state index < -0.39 is 5.82 Å². The second kappa shape index (κ2) is 6.28. The fourth-order valence-corrected chi connectivity index (χ4v) is 3.32. The molecular formula is C16H18ClFN4O. The van der Waals surface area contributed by atoms with E-state index in [-0.39, 0.29) is 22.5 Å². The summed E-state index contributed by atoms with van der Waals surface area (Å²) in [6.45, 7) is 4.81. The number of aryl methyl sites for hydroxylation is 2. The number of hydrogen-bond acceptors (Lipinski definition) is 3. The molecule has 0 N–H and O–H groups in total. The molecule has 23 heavy (non-hydrogen) atoms. The van der Waals surface area contributed by atoms with Crippen LogP contribution in [0.5, 0.6) is 0 Å². The number of rotatable bonds is 2. The molecule has 1 aliphatic rings. The van der Waals surface area contributed by atoms with E-state index in [4.69, 9.17) is 11.6 Å². The van der Waals surface area contributed by atoms with Gasteiger partial charge in [0, 0.05) is 13.1 Å². The van der Waals surface area contributed by atoms with Crippen molar-refractivity contribution in [2.75, 3.05) is 13.1 Å². The maximum atomic E-state index is 14.0. The molecule has 0 saturated carbocycles. The molecule has 1 saturated heterocycles. The molecule has 0 unspecified atom stereocenters. The Morgan fingerprint density at radius 2 is 2.17 bits per heavy atom. The summed E-state index contributed by atoms with van der Waals surface area (Å²) in [6, 6.07) is 4.34. The Bertz CT molecular complexity index is 725. The normalized spacial score (nSPS) is 18.3. The van der Waals surface area contributed by atoms with Gasteiger partial charge in [-0.2, -0.15) is 5.10 Å². The van der Waals surface area contributed by atoms with Gasteiger partial charge in [-0.15, -0.1) is 0 Å². The Morgan fingerprint density at radius 1 is 1.39 bits per heavy atom. The summed E-state index contributed by atoms with van der Waals surface area (Å²) < 4.78 is 15.8. The minimum atomic E-state index is -0.586. The third kappa shape index (κ3) is 3.08. The van der Waals surface area contributed by atoms with Gasteiger partial charge in [0.25, 0.3) is 5.91 Å². The molecule has 122 valence electrons. The van der Waals surface area contributed by atoms with E-state index in [0.717, 1.165) is 18.7 Å². The maximum absolute atomic E-state index is 14.0. The Labute approximate surface area is 139 Å². The van der Waals surface area contributed by atoms with E-state index in [0.29, 0.717) is 18.9 Å². The SMILES string of the molecule is Cc1nc(C)n([C@@H]2CCCN(C(=O)c3c(F)cccc3Cl)C2)n1. The van der Waals surface area contributed by atoms with Crippen molar-refractivity contribution in [2.45, 2.75) is 32.7 Å².